The number of hydrogen-bond acceptors (Lipinski definition) is 6. The van der Waals surface area contributed by atoms with Crippen LogP contribution in [0.5, 0.6) is 23.0 Å². The highest BCUT2D eigenvalue weighted by molar-refractivity contribution is 5.77. The molecule has 0 aliphatic heterocycles. The molecule has 0 aromatic heterocycles. The second-order valence-corrected chi connectivity index (χ2v) is 5.78. The highest BCUT2D eigenvalue weighted by atomic mass is 16.5. The molecule has 7 heteroatoms. The molecule has 2 rings (SSSR count). The Bertz CT molecular complexity index is 817. The first-order valence-electron chi connectivity index (χ1n) is 8.86. The van der Waals surface area contributed by atoms with Crippen LogP contribution in [-0.2, 0) is 11.2 Å². The molecule has 0 aliphatic rings. The van der Waals surface area contributed by atoms with Crippen molar-refractivity contribution in [2.24, 2.45) is 0 Å². The lowest BCUT2D eigenvalue weighted by atomic mass is 10.1. The average molecular weight is 384 g/mol. The molecule has 2 aromatic rings. The summed E-state index contributed by atoms with van der Waals surface area (Å²) >= 11 is 0. The smallest absolute Gasteiger partial charge is 0.234 e. The quantitative estimate of drug-likeness (QED) is 0.599. The van der Waals surface area contributed by atoms with Crippen molar-refractivity contribution in [3.8, 4) is 29.1 Å². The molecule has 2 aromatic carbocycles. The van der Waals surface area contributed by atoms with E-state index in [1.54, 1.807) is 26.4 Å². The molecule has 7 nitrogen and oxygen atoms in total. The van der Waals surface area contributed by atoms with Crippen molar-refractivity contribution in [3.63, 3.8) is 0 Å². The molecule has 0 aliphatic carbocycles. The minimum Gasteiger partial charge on any atom is -0.497 e. The molecule has 0 saturated heterocycles. The number of carbonyl (C=O) groups excluding carboxylic acids is 1. The van der Waals surface area contributed by atoms with Gasteiger partial charge in [0.1, 0.15) is 42.6 Å². The van der Waals surface area contributed by atoms with Crippen LogP contribution in [0.4, 0.5) is 0 Å². The Hall–Kier alpha value is -3.40. The van der Waals surface area contributed by atoms with Crippen LogP contribution < -0.4 is 24.3 Å². The summed E-state index contributed by atoms with van der Waals surface area (Å²) in [6.07, 6.45) is 0.431. The second kappa shape index (κ2) is 11.3. The minimum absolute atomic E-state index is 0.145. The van der Waals surface area contributed by atoms with E-state index in [0.717, 1.165) is 11.3 Å². The van der Waals surface area contributed by atoms with Gasteiger partial charge in [-0.1, -0.05) is 12.1 Å². The average Bonchev–Trinajstić information content (AvgIpc) is 2.72. The van der Waals surface area contributed by atoms with Crippen LogP contribution in [0.3, 0.4) is 0 Å². The Morgan fingerprint density at radius 3 is 2.46 bits per heavy atom. The van der Waals surface area contributed by atoms with Gasteiger partial charge in [0.15, 0.2) is 0 Å². The molecule has 28 heavy (non-hydrogen) atoms. The molecule has 1 amide bonds. The number of nitrogens with one attached hydrogen (secondary N) is 1. The molecule has 0 atom stereocenters. The van der Waals surface area contributed by atoms with Gasteiger partial charge in [-0.25, -0.2) is 0 Å². The molecular formula is C21H24N2O5. The minimum atomic E-state index is -0.287. The first-order valence-corrected chi connectivity index (χ1v) is 8.86. The third-order valence-corrected chi connectivity index (χ3v) is 3.88. The zero-order valence-corrected chi connectivity index (χ0v) is 16.1. The fraction of sp³-hybridized carbons (Fsp3) is 0.333. The van der Waals surface area contributed by atoms with Gasteiger partial charge in [0.25, 0.3) is 0 Å². The second-order valence-electron chi connectivity index (χ2n) is 5.78. The van der Waals surface area contributed by atoms with E-state index in [4.69, 9.17) is 24.2 Å². The van der Waals surface area contributed by atoms with E-state index >= 15 is 0 Å². The predicted molar refractivity (Wildman–Crippen MR) is 104 cm³/mol. The number of hydrogen-bond donors (Lipinski definition) is 1. The molecular weight excluding hydrogens is 360 g/mol. The normalized spacial score (nSPS) is 9.89. The van der Waals surface area contributed by atoms with Crippen molar-refractivity contribution >= 4 is 5.91 Å². The summed E-state index contributed by atoms with van der Waals surface area (Å²) in [4.78, 5) is 11.4. The van der Waals surface area contributed by atoms with E-state index in [1.807, 2.05) is 36.4 Å². The van der Waals surface area contributed by atoms with E-state index < -0.39 is 0 Å². The third-order valence-electron chi connectivity index (χ3n) is 3.88. The van der Waals surface area contributed by atoms with Gasteiger partial charge < -0.3 is 24.3 Å². The van der Waals surface area contributed by atoms with Gasteiger partial charge >= 0.3 is 0 Å². The maximum absolute atomic E-state index is 11.4. The van der Waals surface area contributed by atoms with E-state index in [0.29, 0.717) is 43.4 Å². The van der Waals surface area contributed by atoms with Crippen molar-refractivity contribution < 1.29 is 23.7 Å². The van der Waals surface area contributed by atoms with Gasteiger partial charge in [-0.3, -0.25) is 4.79 Å². The highest BCUT2D eigenvalue weighted by Gasteiger charge is 2.08. The molecule has 0 radical (unpaired) electrons. The number of amides is 1. The molecule has 0 heterocycles. The number of methoxy groups -OCH3 is 2. The van der Waals surface area contributed by atoms with Crippen LogP contribution in [-0.4, -0.2) is 39.9 Å². The largest absolute Gasteiger partial charge is 0.497 e. The fourth-order valence-corrected chi connectivity index (χ4v) is 2.48. The lowest BCUT2D eigenvalue weighted by Gasteiger charge is -2.14. The van der Waals surface area contributed by atoms with Crippen LogP contribution in [0, 0.1) is 11.3 Å². The van der Waals surface area contributed by atoms with Gasteiger partial charge in [-0.15, -0.1) is 0 Å². The predicted octanol–water partition coefficient (Wildman–Crippen LogP) is 2.73. The molecule has 0 fully saturated rings. The summed E-state index contributed by atoms with van der Waals surface area (Å²) in [6, 6.07) is 14.7. The third kappa shape index (κ3) is 6.72. The molecule has 1 N–H and O–H groups in total. The number of carbonyl (C=O) groups is 1. The van der Waals surface area contributed by atoms with E-state index in [9.17, 15) is 4.79 Å². The van der Waals surface area contributed by atoms with Gasteiger partial charge in [0.05, 0.1) is 20.3 Å². The molecule has 0 spiro atoms. The monoisotopic (exact) mass is 384 g/mol. The number of nitriles is 1. The van der Waals surface area contributed by atoms with E-state index in [-0.39, 0.29) is 12.3 Å². The molecule has 0 saturated carbocycles. The van der Waals surface area contributed by atoms with Crippen LogP contribution in [0.25, 0.3) is 0 Å². The summed E-state index contributed by atoms with van der Waals surface area (Å²) in [5, 5.41) is 11.2. The van der Waals surface area contributed by atoms with Crippen molar-refractivity contribution in [3.05, 3.63) is 48.0 Å². The zero-order valence-electron chi connectivity index (χ0n) is 16.1. The van der Waals surface area contributed by atoms with Crippen LogP contribution in [0.15, 0.2) is 42.5 Å². The van der Waals surface area contributed by atoms with Crippen LogP contribution >= 0.6 is 0 Å². The summed E-state index contributed by atoms with van der Waals surface area (Å²) in [6.45, 7) is 1.13. The molecule has 148 valence electrons. The summed E-state index contributed by atoms with van der Waals surface area (Å²) < 4.78 is 22.0. The lowest BCUT2D eigenvalue weighted by molar-refractivity contribution is -0.120. The summed E-state index contributed by atoms with van der Waals surface area (Å²) in [7, 11) is 3.20. The first-order chi connectivity index (χ1) is 13.7. The Kier molecular flexibility index (Phi) is 8.47. The van der Waals surface area contributed by atoms with Crippen LogP contribution in [0.1, 0.15) is 12.0 Å². The zero-order chi connectivity index (χ0) is 20.2. The van der Waals surface area contributed by atoms with E-state index in [2.05, 4.69) is 5.32 Å². The van der Waals surface area contributed by atoms with Gasteiger partial charge in [-0.2, -0.15) is 5.26 Å². The Balaban J connectivity index is 1.89. The number of nitrogens with zero attached hydrogens (tertiary/aromatic N) is 1. The van der Waals surface area contributed by atoms with Crippen molar-refractivity contribution in [2.75, 3.05) is 34.0 Å². The van der Waals surface area contributed by atoms with Crippen molar-refractivity contribution in [2.45, 2.75) is 12.8 Å². The molecule has 0 unspecified atom stereocenters. The number of rotatable bonds is 11. The Morgan fingerprint density at radius 1 is 1.00 bits per heavy atom. The lowest BCUT2D eigenvalue weighted by Crippen LogP contribution is -2.25. The maximum Gasteiger partial charge on any atom is 0.234 e. The van der Waals surface area contributed by atoms with Gasteiger partial charge in [0.2, 0.25) is 5.91 Å². The highest BCUT2D eigenvalue weighted by Crippen LogP contribution is 2.25. The van der Waals surface area contributed by atoms with Gasteiger partial charge in [-0.05, 0) is 30.2 Å². The molecule has 0 bridgehead atoms. The maximum atomic E-state index is 11.4. The summed E-state index contributed by atoms with van der Waals surface area (Å²) in [5.41, 5.74) is 0.930. The number of benzene rings is 2. The Morgan fingerprint density at radius 2 is 1.71 bits per heavy atom. The topological polar surface area (TPSA) is 89.8 Å². The van der Waals surface area contributed by atoms with Gasteiger partial charge in [0, 0.05) is 18.7 Å². The number of ether oxygens (including phenoxy) is 4. The fourth-order valence-electron chi connectivity index (χ4n) is 2.48. The Labute approximate surface area is 164 Å². The first kappa shape index (κ1) is 20.9. The van der Waals surface area contributed by atoms with Crippen molar-refractivity contribution in [1.29, 1.82) is 5.26 Å². The summed E-state index contributed by atoms with van der Waals surface area (Å²) in [5.74, 6) is 2.50. The van der Waals surface area contributed by atoms with Crippen molar-refractivity contribution in [1.82, 2.24) is 5.32 Å². The van der Waals surface area contributed by atoms with E-state index in [1.165, 1.54) is 0 Å². The SMILES string of the molecule is COc1cccc(OCCOc2cc(OC)ccc2CCNC(=O)CC#N)c1. The van der Waals surface area contributed by atoms with Crippen LogP contribution in [0.2, 0.25) is 0 Å². The standard InChI is InChI=1S/C21H24N2O5/c1-25-17-4-3-5-19(14-17)27-12-13-28-20-15-18(26-2)7-6-16(20)9-11-23-21(24)8-10-22/h3-7,14-15H,8-9,11-13H2,1-2H3,(H,23,24).